The summed E-state index contributed by atoms with van der Waals surface area (Å²) >= 11 is 0. The Morgan fingerprint density at radius 3 is 2.47 bits per heavy atom. The Bertz CT molecular complexity index is 523. The van der Waals surface area contributed by atoms with Crippen LogP contribution in [0.4, 0.5) is 0 Å². The van der Waals surface area contributed by atoms with Crippen LogP contribution in [-0.4, -0.2) is 16.3 Å². The van der Waals surface area contributed by atoms with Crippen molar-refractivity contribution < 1.29 is 0 Å². The number of nitrogens with two attached hydrogens (primary N) is 1. The van der Waals surface area contributed by atoms with Crippen molar-refractivity contribution in [2.24, 2.45) is 18.7 Å². The first-order valence-electron chi connectivity index (χ1n) is 6.92. The summed E-state index contributed by atoms with van der Waals surface area (Å²) in [6.45, 7) is 5.13. The van der Waals surface area contributed by atoms with Gasteiger partial charge in [-0.15, -0.1) is 0 Å². The van der Waals surface area contributed by atoms with Gasteiger partial charge < -0.3 is 5.73 Å². The summed E-state index contributed by atoms with van der Waals surface area (Å²) in [5, 5.41) is 4.48. The molecule has 0 aliphatic carbocycles. The second-order valence-electron chi connectivity index (χ2n) is 5.48. The molecule has 1 heterocycles. The quantitative estimate of drug-likeness (QED) is 0.895. The van der Waals surface area contributed by atoms with E-state index in [2.05, 4.69) is 49.3 Å². The Kier molecular flexibility index (Phi) is 4.38. The van der Waals surface area contributed by atoms with Crippen LogP contribution >= 0.6 is 0 Å². The first-order valence-corrected chi connectivity index (χ1v) is 6.92. The highest BCUT2D eigenvalue weighted by atomic mass is 15.3. The summed E-state index contributed by atoms with van der Waals surface area (Å²) < 4.78 is 1.93. The molecule has 1 aromatic heterocycles. The average molecular weight is 257 g/mol. The molecule has 102 valence electrons. The normalized spacial score (nSPS) is 11.2. The smallest absolute Gasteiger partial charge is 0.0681 e. The summed E-state index contributed by atoms with van der Waals surface area (Å²) in [6, 6.07) is 10.9. The summed E-state index contributed by atoms with van der Waals surface area (Å²) in [7, 11) is 1.98. The lowest BCUT2D eigenvalue weighted by Crippen LogP contribution is -2.03. The van der Waals surface area contributed by atoms with Crippen molar-refractivity contribution >= 4 is 0 Å². The molecule has 0 atom stereocenters. The largest absolute Gasteiger partial charge is 0.330 e. The van der Waals surface area contributed by atoms with E-state index in [-0.39, 0.29) is 0 Å². The minimum Gasteiger partial charge on any atom is -0.330 e. The fourth-order valence-electron chi connectivity index (χ4n) is 2.35. The van der Waals surface area contributed by atoms with Gasteiger partial charge in [-0.3, -0.25) is 4.68 Å². The molecule has 0 spiro atoms. The molecule has 0 unspecified atom stereocenters. The van der Waals surface area contributed by atoms with Crippen LogP contribution < -0.4 is 5.73 Å². The van der Waals surface area contributed by atoms with Crippen LogP contribution in [0.25, 0.3) is 11.3 Å². The number of rotatable bonds is 5. The second kappa shape index (κ2) is 6.02. The van der Waals surface area contributed by atoms with Crippen LogP contribution in [0.5, 0.6) is 0 Å². The lowest BCUT2D eigenvalue weighted by atomic mass is 10.0. The molecule has 0 saturated carbocycles. The first kappa shape index (κ1) is 13.8. The molecule has 0 amide bonds. The number of nitrogens with zero attached hydrogens (tertiary/aromatic N) is 2. The van der Waals surface area contributed by atoms with Crippen molar-refractivity contribution in [3.8, 4) is 11.3 Å². The van der Waals surface area contributed by atoms with Crippen LogP contribution in [-0.2, 0) is 19.9 Å². The first-order chi connectivity index (χ1) is 9.10. The Balaban J connectivity index is 2.21. The lowest BCUT2D eigenvalue weighted by molar-refractivity contribution is 0.647. The monoisotopic (exact) mass is 257 g/mol. The minimum atomic E-state index is 0.643. The zero-order valence-corrected chi connectivity index (χ0v) is 12.1. The van der Waals surface area contributed by atoms with E-state index in [1.807, 2.05) is 11.7 Å². The predicted octanol–water partition coefficient (Wildman–Crippen LogP) is 2.79. The van der Waals surface area contributed by atoms with E-state index in [0.29, 0.717) is 12.5 Å². The Hall–Kier alpha value is -1.61. The van der Waals surface area contributed by atoms with Gasteiger partial charge in [-0.1, -0.05) is 38.1 Å². The van der Waals surface area contributed by atoms with Crippen molar-refractivity contribution in [1.82, 2.24) is 9.78 Å². The van der Waals surface area contributed by atoms with E-state index >= 15 is 0 Å². The molecular formula is C16H23N3. The maximum atomic E-state index is 5.58. The average Bonchev–Trinajstić information content (AvgIpc) is 2.71. The number of aromatic nitrogens is 2. The third kappa shape index (κ3) is 3.44. The van der Waals surface area contributed by atoms with Gasteiger partial charge >= 0.3 is 0 Å². The summed E-state index contributed by atoms with van der Waals surface area (Å²) in [5.41, 5.74) is 10.4. The van der Waals surface area contributed by atoms with E-state index in [0.717, 1.165) is 24.2 Å². The van der Waals surface area contributed by atoms with Gasteiger partial charge in [0.2, 0.25) is 0 Å². The van der Waals surface area contributed by atoms with Crippen LogP contribution in [0, 0.1) is 5.92 Å². The molecule has 0 aliphatic heterocycles. The van der Waals surface area contributed by atoms with E-state index < -0.39 is 0 Å². The number of hydrogen-bond acceptors (Lipinski definition) is 2. The van der Waals surface area contributed by atoms with Crippen LogP contribution in [0.15, 0.2) is 30.3 Å². The Morgan fingerprint density at radius 1 is 1.21 bits per heavy atom. The number of benzene rings is 1. The summed E-state index contributed by atoms with van der Waals surface area (Å²) in [6.07, 6.45) is 1.96. The fourth-order valence-corrected chi connectivity index (χ4v) is 2.35. The zero-order valence-electron chi connectivity index (χ0n) is 12.1. The van der Waals surface area contributed by atoms with Gasteiger partial charge in [0.05, 0.1) is 11.4 Å². The van der Waals surface area contributed by atoms with Gasteiger partial charge in [0.15, 0.2) is 0 Å². The minimum absolute atomic E-state index is 0.643. The molecule has 0 aliphatic rings. The Morgan fingerprint density at radius 2 is 1.89 bits per heavy atom. The van der Waals surface area contributed by atoms with Gasteiger partial charge in [0.25, 0.3) is 0 Å². The summed E-state index contributed by atoms with van der Waals surface area (Å²) in [4.78, 5) is 0. The molecule has 19 heavy (non-hydrogen) atoms. The van der Waals surface area contributed by atoms with Crippen LogP contribution in [0.3, 0.4) is 0 Å². The highest BCUT2D eigenvalue weighted by Crippen LogP contribution is 2.21. The van der Waals surface area contributed by atoms with Gasteiger partial charge in [0.1, 0.15) is 0 Å². The Labute approximate surface area is 115 Å². The zero-order chi connectivity index (χ0) is 13.8. The molecule has 2 aromatic rings. The standard InChI is InChI=1S/C16H23N3/c1-12(2)10-13-4-6-14(7-5-13)16-11-15(8-9-17)18-19(16)3/h4-7,11-12H,8-10,17H2,1-3H3. The van der Waals surface area contributed by atoms with Crippen molar-refractivity contribution in [1.29, 1.82) is 0 Å². The molecule has 2 rings (SSSR count). The van der Waals surface area contributed by atoms with Gasteiger partial charge in [-0.25, -0.2) is 0 Å². The highest BCUT2D eigenvalue weighted by Gasteiger charge is 2.07. The maximum Gasteiger partial charge on any atom is 0.0681 e. The van der Waals surface area contributed by atoms with Gasteiger partial charge in [-0.05, 0) is 36.1 Å². The fraction of sp³-hybridized carbons (Fsp3) is 0.438. The molecule has 0 fully saturated rings. The molecule has 2 N–H and O–H groups in total. The van der Waals surface area contributed by atoms with Crippen molar-refractivity contribution in [3.05, 3.63) is 41.6 Å². The van der Waals surface area contributed by atoms with E-state index in [9.17, 15) is 0 Å². The molecule has 0 saturated heterocycles. The topological polar surface area (TPSA) is 43.8 Å². The van der Waals surface area contributed by atoms with E-state index in [1.165, 1.54) is 11.1 Å². The van der Waals surface area contributed by atoms with Gasteiger partial charge in [0, 0.05) is 13.5 Å². The molecule has 0 bridgehead atoms. The van der Waals surface area contributed by atoms with Crippen LogP contribution in [0.2, 0.25) is 0 Å². The molecule has 1 aromatic carbocycles. The van der Waals surface area contributed by atoms with Crippen molar-refractivity contribution in [2.75, 3.05) is 6.54 Å². The predicted molar refractivity (Wildman–Crippen MR) is 79.9 cm³/mol. The van der Waals surface area contributed by atoms with Crippen molar-refractivity contribution in [2.45, 2.75) is 26.7 Å². The third-order valence-electron chi connectivity index (χ3n) is 3.22. The SMILES string of the molecule is CC(C)Cc1ccc(-c2cc(CCN)nn2C)cc1. The maximum absolute atomic E-state index is 5.58. The molecular weight excluding hydrogens is 234 g/mol. The van der Waals surface area contributed by atoms with E-state index in [4.69, 9.17) is 5.73 Å². The summed E-state index contributed by atoms with van der Waals surface area (Å²) in [5.74, 6) is 0.693. The third-order valence-corrected chi connectivity index (χ3v) is 3.22. The molecule has 3 heteroatoms. The number of aryl methyl sites for hydroxylation is 1. The molecule has 3 nitrogen and oxygen atoms in total. The second-order valence-corrected chi connectivity index (χ2v) is 5.48. The highest BCUT2D eigenvalue weighted by molar-refractivity contribution is 5.60. The van der Waals surface area contributed by atoms with E-state index in [1.54, 1.807) is 0 Å². The van der Waals surface area contributed by atoms with Crippen molar-refractivity contribution in [3.63, 3.8) is 0 Å². The molecule has 0 radical (unpaired) electrons. The van der Waals surface area contributed by atoms with Crippen LogP contribution in [0.1, 0.15) is 25.1 Å². The van der Waals surface area contributed by atoms with Gasteiger partial charge in [-0.2, -0.15) is 5.10 Å². The number of hydrogen-bond donors (Lipinski definition) is 1. The lowest BCUT2D eigenvalue weighted by Gasteiger charge is -2.06.